The summed E-state index contributed by atoms with van der Waals surface area (Å²) < 4.78 is 5.77. The van der Waals surface area contributed by atoms with Crippen LogP contribution in [0.25, 0.3) is 11.0 Å². The molecule has 3 rings (SSSR count). The van der Waals surface area contributed by atoms with Crippen LogP contribution in [-0.4, -0.2) is 36.6 Å². The van der Waals surface area contributed by atoms with Gasteiger partial charge in [0.1, 0.15) is 5.58 Å². The third-order valence-electron chi connectivity index (χ3n) is 3.76. The zero-order chi connectivity index (χ0) is 17.1. The van der Waals surface area contributed by atoms with Gasteiger partial charge in [-0.3, -0.25) is 4.79 Å². The molecule has 0 spiro atoms. The molecule has 1 atom stereocenters. The Morgan fingerprint density at radius 1 is 1.33 bits per heavy atom. The number of amides is 1. The van der Waals surface area contributed by atoms with E-state index in [4.69, 9.17) is 4.42 Å². The predicted octanol–water partition coefficient (Wildman–Crippen LogP) is 3.02. The van der Waals surface area contributed by atoms with Crippen LogP contribution < -0.4 is 5.32 Å². The zero-order valence-corrected chi connectivity index (χ0v) is 14.5. The predicted molar refractivity (Wildman–Crippen MR) is 95.2 cm³/mol. The summed E-state index contributed by atoms with van der Waals surface area (Å²) in [7, 11) is 3.90. The van der Waals surface area contributed by atoms with Crippen molar-refractivity contribution in [2.45, 2.75) is 12.6 Å². The van der Waals surface area contributed by atoms with Gasteiger partial charge in [-0.25, -0.2) is 0 Å². The van der Waals surface area contributed by atoms with Crippen molar-refractivity contribution < 1.29 is 14.3 Å². The van der Waals surface area contributed by atoms with Crippen LogP contribution in [0.2, 0.25) is 0 Å². The number of thiophene rings is 1. The number of fused-ring (bicyclic) bond motifs is 1. The number of hydrogen-bond acceptors (Lipinski definition) is 5. The molecule has 0 saturated heterocycles. The van der Waals surface area contributed by atoms with Gasteiger partial charge < -0.3 is 19.7 Å². The molecule has 2 N–H and O–H groups in total. The van der Waals surface area contributed by atoms with Gasteiger partial charge in [0.25, 0.3) is 5.91 Å². The number of hydrogen-bond donors (Lipinski definition) is 2. The molecule has 0 aliphatic rings. The van der Waals surface area contributed by atoms with E-state index >= 15 is 0 Å². The molecule has 0 unspecified atom stereocenters. The highest BCUT2D eigenvalue weighted by Crippen LogP contribution is 2.27. The summed E-state index contributed by atoms with van der Waals surface area (Å²) in [5.41, 5.74) is 2.36. The number of rotatable bonds is 6. The largest absolute Gasteiger partial charge is 0.451 e. The number of aliphatic hydroxyl groups excluding tert-OH is 1. The average Bonchev–Trinajstić information content (AvgIpc) is 3.20. The topological polar surface area (TPSA) is 65.7 Å². The minimum atomic E-state index is -0.720. The van der Waals surface area contributed by atoms with Gasteiger partial charge in [0.05, 0.1) is 6.10 Å². The third kappa shape index (κ3) is 3.51. The molecule has 0 aliphatic heterocycles. The Balaban J connectivity index is 1.81. The highest BCUT2D eigenvalue weighted by molar-refractivity contribution is 7.07. The van der Waals surface area contributed by atoms with Gasteiger partial charge in [0.2, 0.25) is 0 Å². The van der Waals surface area contributed by atoms with E-state index in [9.17, 15) is 9.90 Å². The number of carbonyl (C=O) groups excluding carboxylic acids is 1. The fourth-order valence-electron chi connectivity index (χ4n) is 2.61. The molecule has 6 heteroatoms. The molecule has 126 valence electrons. The molecule has 1 aromatic carbocycles. The number of furan rings is 1. The lowest BCUT2D eigenvalue weighted by molar-refractivity contribution is 0.0889. The summed E-state index contributed by atoms with van der Waals surface area (Å²) in [6.07, 6.45) is -0.720. The van der Waals surface area contributed by atoms with Gasteiger partial charge in [-0.15, -0.1) is 0 Å². The molecule has 2 heterocycles. The average molecular weight is 344 g/mol. The molecule has 3 aromatic rings. The molecule has 1 amide bonds. The summed E-state index contributed by atoms with van der Waals surface area (Å²) in [6, 6.07) is 9.46. The lowest BCUT2D eigenvalue weighted by Crippen LogP contribution is -2.29. The summed E-state index contributed by atoms with van der Waals surface area (Å²) in [4.78, 5) is 14.6. The Morgan fingerprint density at radius 3 is 2.83 bits per heavy atom. The fraction of sp³-hybridized carbons (Fsp3) is 0.278. The summed E-state index contributed by atoms with van der Waals surface area (Å²) in [5, 5.41) is 17.6. The number of para-hydroxylation sites is 1. The van der Waals surface area contributed by atoms with E-state index in [0.717, 1.165) is 16.5 Å². The van der Waals surface area contributed by atoms with Gasteiger partial charge >= 0.3 is 0 Å². The van der Waals surface area contributed by atoms with Gasteiger partial charge in [-0.2, -0.15) is 11.3 Å². The SMILES string of the molecule is CN(C)Cc1c(C(=O)NC[C@@H](O)c2ccsc2)oc2ccccc12. The number of carbonyl (C=O) groups is 1. The monoisotopic (exact) mass is 344 g/mol. The first-order chi connectivity index (χ1) is 11.6. The number of benzene rings is 1. The van der Waals surface area contributed by atoms with Crippen LogP contribution in [-0.2, 0) is 6.54 Å². The van der Waals surface area contributed by atoms with E-state index < -0.39 is 6.10 Å². The minimum Gasteiger partial charge on any atom is -0.451 e. The number of aliphatic hydroxyl groups is 1. The lowest BCUT2D eigenvalue weighted by Gasteiger charge is -2.12. The molecule has 0 fully saturated rings. The van der Waals surface area contributed by atoms with Crippen molar-refractivity contribution in [3.8, 4) is 0 Å². The quantitative estimate of drug-likeness (QED) is 0.721. The fourth-order valence-corrected chi connectivity index (χ4v) is 3.31. The Morgan fingerprint density at radius 2 is 2.12 bits per heavy atom. The molecule has 2 aromatic heterocycles. The van der Waals surface area contributed by atoms with Crippen molar-refractivity contribution in [1.29, 1.82) is 0 Å². The summed E-state index contributed by atoms with van der Waals surface area (Å²) in [5.74, 6) is -0.000233. The van der Waals surface area contributed by atoms with Crippen molar-refractivity contribution in [2.75, 3.05) is 20.6 Å². The molecule has 0 aliphatic carbocycles. The van der Waals surface area contributed by atoms with Crippen LogP contribution in [0, 0.1) is 0 Å². The second-order valence-electron chi connectivity index (χ2n) is 5.93. The first-order valence-electron chi connectivity index (χ1n) is 7.69. The highest BCUT2D eigenvalue weighted by Gasteiger charge is 2.21. The van der Waals surface area contributed by atoms with Gasteiger partial charge in [0.15, 0.2) is 5.76 Å². The van der Waals surface area contributed by atoms with E-state index in [1.165, 1.54) is 11.3 Å². The van der Waals surface area contributed by atoms with E-state index in [2.05, 4.69) is 5.32 Å². The van der Waals surface area contributed by atoms with Crippen LogP contribution in [0.3, 0.4) is 0 Å². The second kappa shape index (κ2) is 7.17. The maximum absolute atomic E-state index is 12.6. The van der Waals surface area contributed by atoms with Gasteiger partial charge in [0, 0.05) is 24.0 Å². The van der Waals surface area contributed by atoms with Crippen molar-refractivity contribution >= 4 is 28.2 Å². The molecule has 24 heavy (non-hydrogen) atoms. The normalized spacial score (nSPS) is 12.7. The first kappa shape index (κ1) is 16.7. The summed E-state index contributed by atoms with van der Waals surface area (Å²) >= 11 is 1.51. The van der Waals surface area contributed by atoms with Gasteiger partial charge in [-0.1, -0.05) is 18.2 Å². The minimum absolute atomic E-state index is 0.147. The third-order valence-corrected chi connectivity index (χ3v) is 4.46. The van der Waals surface area contributed by atoms with Gasteiger partial charge in [-0.05, 0) is 42.6 Å². The number of nitrogens with zero attached hydrogens (tertiary/aromatic N) is 1. The maximum atomic E-state index is 12.6. The van der Waals surface area contributed by atoms with E-state index in [-0.39, 0.29) is 12.5 Å². The Bertz CT molecular complexity index is 824. The van der Waals surface area contributed by atoms with Crippen LogP contribution in [0.5, 0.6) is 0 Å². The molecule has 0 bridgehead atoms. The Kier molecular flexibility index (Phi) is 4.99. The molecular formula is C18H20N2O3S. The van der Waals surface area contributed by atoms with Crippen LogP contribution >= 0.6 is 11.3 Å². The van der Waals surface area contributed by atoms with Crippen LogP contribution in [0.4, 0.5) is 0 Å². The highest BCUT2D eigenvalue weighted by atomic mass is 32.1. The Hall–Kier alpha value is -2.15. The van der Waals surface area contributed by atoms with E-state index in [0.29, 0.717) is 17.9 Å². The summed E-state index contributed by atoms with van der Waals surface area (Å²) in [6.45, 7) is 0.751. The number of nitrogens with one attached hydrogen (secondary N) is 1. The van der Waals surface area contributed by atoms with E-state index in [1.807, 2.05) is 60.1 Å². The maximum Gasteiger partial charge on any atom is 0.287 e. The molecule has 0 radical (unpaired) electrons. The first-order valence-corrected chi connectivity index (χ1v) is 8.64. The molecular weight excluding hydrogens is 324 g/mol. The van der Waals surface area contributed by atoms with Crippen LogP contribution in [0.15, 0.2) is 45.5 Å². The zero-order valence-electron chi connectivity index (χ0n) is 13.7. The van der Waals surface area contributed by atoms with E-state index in [1.54, 1.807) is 0 Å². The van der Waals surface area contributed by atoms with Crippen molar-refractivity contribution in [2.24, 2.45) is 0 Å². The van der Waals surface area contributed by atoms with Crippen LogP contribution in [0.1, 0.15) is 27.8 Å². The van der Waals surface area contributed by atoms with Crippen molar-refractivity contribution in [1.82, 2.24) is 10.2 Å². The Labute approximate surface area is 144 Å². The van der Waals surface area contributed by atoms with Crippen molar-refractivity contribution in [3.63, 3.8) is 0 Å². The standard InChI is InChI=1S/C18H20N2O3S/c1-20(2)10-14-13-5-3-4-6-16(13)23-17(14)18(22)19-9-15(21)12-7-8-24-11-12/h3-8,11,15,21H,9-10H2,1-2H3,(H,19,22)/t15-/m1/s1. The smallest absolute Gasteiger partial charge is 0.287 e. The lowest BCUT2D eigenvalue weighted by atomic mass is 10.1. The molecule has 5 nitrogen and oxygen atoms in total. The van der Waals surface area contributed by atoms with Crippen molar-refractivity contribution in [3.05, 3.63) is 58.0 Å². The molecule has 0 saturated carbocycles. The second-order valence-corrected chi connectivity index (χ2v) is 6.71.